The van der Waals surface area contributed by atoms with Gasteiger partial charge in [0.15, 0.2) is 0 Å². The van der Waals surface area contributed by atoms with Gasteiger partial charge >= 0.3 is 0 Å². The fraction of sp³-hybridized carbons (Fsp3) is 0.222. The van der Waals surface area contributed by atoms with Gasteiger partial charge in [-0.3, -0.25) is 0 Å². The zero-order chi connectivity index (χ0) is 22.2. The SMILES string of the molecule is CCOc1cccc(OC(=Nc2cc(C)cc(C)c2)/C(C)=C/Oc2cccc(C)c2)c1. The number of benzene rings is 3. The van der Waals surface area contributed by atoms with Gasteiger partial charge in [-0.05, 0) is 87.7 Å². The zero-order valence-electron chi connectivity index (χ0n) is 18.8. The monoisotopic (exact) mass is 415 g/mol. The van der Waals surface area contributed by atoms with Gasteiger partial charge in [0.25, 0.3) is 0 Å². The van der Waals surface area contributed by atoms with Crippen LogP contribution in [0.4, 0.5) is 5.69 Å². The summed E-state index contributed by atoms with van der Waals surface area (Å²) >= 11 is 0. The number of hydrogen-bond donors (Lipinski definition) is 0. The Kier molecular flexibility index (Phi) is 7.50. The molecule has 0 radical (unpaired) electrons. The van der Waals surface area contributed by atoms with Crippen molar-refractivity contribution in [1.29, 1.82) is 0 Å². The molecule has 0 aliphatic heterocycles. The van der Waals surface area contributed by atoms with Gasteiger partial charge in [-0.25, -0.2) is 4.99 Å². The van der Waals surface area contributed by atoms with Crippen LogP contribution in [0.5, 0.6) is 17.2 Å². The van der Waals surface area contributed by atoms with Gasteiger partial charge in [-0.15, -0.1) is 0 Å². The van der Waals surface area contributed by atoms with Crippen LogP contribution < -0.4 is 14.2 Å². The van der Waals surface area contributed by atoms with Crippen LogP contribution in [0.1, 0.15) is 30.5 Å². The Bertz CT molecular complexity index is 1080. The molecule has 0 aliphatic carbocycles. The van der Waals surface area contributed by atoms with E-state index in [4.69, 9.17) is 19.2 Å². The van der Waals surface area contributed by atoms with Crippen LogP contribution in [-0.4, -0.2) is 12.5 Å². The molecule has 0 saturated carbocycles. The minimum atomic E-state index is 0.464. The molecule has 0 aromatic heterocycles. The van der Waals surface area contributed by atoms with Crippen LogP contribution in [0.25, 0.3) is 0 Å². The molecule has 3 aromatic rings. The average molecular weight is 416 g/mol. The first-order chi connectivity index (χ1) is 14.9. The number of aliphatic imine (C=N–C) groups is 1. The van der Waals surface area contributed by atoms with Crippen molar-refractivity contribution in [3.63, 3.8) is 0 Å². The highest BCUT2D eigenvalue weighted by atomic mass is 16.5. The van der Waals surface area contributed by atoms with Crippen molar-refractivity contribution in [1.82, 2.24) is 0 Å². The summed E-state index contributed by atoms with van der Waals surface area (Å²) in [5, 5.41) is 0. The molecule has 31 heavy (non-hydrogen) atoms. The molecule has 0 heterocycles. The van der Waals surface area contributed by atoms with Crippen molar-refractivity contribution in [2.45, 2.75) is 34.6 Å². The maximum absolute atomic E-state index is 6.18. The second-order valence-electron chi connectivity index (χ2n) is 7.51. The Hall–Kier alpha value is -3.53. The predicted octanol–water partition coefficient (Wildman–Crippen LogP) is 7.10. The number of hydrogen-bond acceptors (Lipinski definition) is 4. The highest BCUT2D eigenvalue weighted by molar-refractivity contribution is 5.96. The molecule has 0 atom stereocenters. The molecule has 0 spiro atoms. The fourth-order valence-electron chi connectivity index (χ4n) is 3.13. The van der Waals surface area contributed by atoms with Gasteiger partial charge in [-0.1, -0.05) is 24.3 Å². The Morgan fingerprint density at radius 2 is 1.48 bits per heavy atom. The molecular formula is C27H29NO3. The van der Waals surface area contributed by atoms with Crippen molar-refractivity contribution in [3.8, 4) is 17.2 Å². The van der Waals surface area contributed by atoms with Gasteiger partial charge in [0.1, 0.15) is 17.2 Å². The molecule has 3 aromatic carbocycles. The summed E-state index contributed by atoms with van der Waals surface area (Å²) in [5.74, 6) is 2.63. The predicted molar refractivity (Wildman–Crippen MR) is 127 cm³/mol. The van der Waals surface area contributed by atoms with E-state index in [1.807, 2.05) is 81.4 Å². The standard InChI is InChI=1S/C27H29NO3/c1-6-29-25-11-8-12-26(17-25)31-27(28-23-14-20(3)13-21(4)15-23)22(5)18-30-24-10-7-9-19(2)16-24/h7-18H,6H2,1-5H3/b22-18+,28-27?. The largest absolute Gasteiger partial charge is 0.494 e. The first kappa shape index (κ1) is 22.2. The third kappa shape index (κ3) is 6.75. The molecule has 160 valence electrons. The van der Waals surface area contributed by atoms with Crippen LogP contribution in [-0.2, 0) is 0 Å². The molecule has 0 bridgehead atoms. The van der Waals surface area contributed by atoms with E-state index >= 15 is 0 Å². The van der Waals surface area contributed by atoms with Crippen LogP contribution in [0.2, 0.25) is 0 Å². The van der Waals surface area contributed by atoms with Crippen molar-refractivity contribution < 1.29 is 14.2 Å². The molecule has 0 aliphatic rings. The minimum absolute atomic E-state index is 0.464. The molecule has 0 amide bonds. The summed E-state index contributed by atoms with van der Waals surface area (Å²) in [5.41, 5.74) is 5.03. The number of ether oxygens (including phenoxy) is 3. The van der Waals surface area contributed by atoms with Crippen LogP contribution in [0.15, 0.2) is 83.6 Å². The van der Waals surface area contributed by atoms with Crippen molar-refractivity contribution >= 4 is 11.6 Å². The Balaban J connectivity index is 1.93. The number of aryl methyl sites for hydroxylation is 3. The van der Waals surface area contributed by atoms with E-state index in [9.17, 15) is 0 Å². The van der Waals surface area contributed by atoms with Crippen LogP contribution in [0.3, 0.4) is 0 Å². The summed E-state index contributed by atoms with van der Waals surface area (Å²) in [6.45, 7) is 10.6. The minimum Gasteiger partial charge on any atom is -0.494 e. The number of nitrogens with zero attached hydrogens (tertiary/aromatic N) is 1. The first-order valence-electron chi connectivity index (χ1n) is 10.4. The van der Waals surface area contributed by atoms with Crippen molar-refractivity contribution in [2.24, 2.45) is 4.99 Å². The molecule has 0 saturated heterocycles. The average Bonchev–Trinajstić information content (AvgIpc) is 2.71. The summed E-state index contributed by atoms with van der Waals surface area (Å²) in [6, 6.07) is 21.6. The fourth-order valence-corrected chi connectivity index (χ4v) is 3.13. The third-order valence-electron chi connectivity index (χ3n) is 4.47. The van der Waals surface area contributed by atoms with Gasteiger partial charge in [0.05, 0.1) is 18.6 Å². The molecule has 0 unspecified atom stereocenters. The summed E-state index contributed by atoms with van der Waals surface area (Å²) < 4.78 is 17.6. The maximum atomic E-state index is 6.18. The molecule has 0 N–H and O–H groups in total. The van der Waals surface area contributed by atoms with E-state index in [1.165, 1.54) is 0 Å². The quantitative estimate of drug-likeness (QED) is 0.235. The lowest BCUT2D eigenvalue weighted by Crippen LogP contribution is -2.11. The van der Waals surface area contributed by atoms with Crippen molar-refractivity contribution in [3.05, 3.63) is 95.3 Å². The van der Waals surface area contributed by atoms with E-state index in [1.54, 1.807) is 6.26 Å². The lowest BCUT2D eigenvalue weighted by molar-refractivity contribution is 0.339. The molecule has 0 fully saturated rings. The third-order valence-corrected chi connectivity index (χ3v) is 4.47. The first-order valence-corrected chi connectivity index (χ1v) is 10.4. The summed E-state index contributed by atoms with van der Waals surface area (Å²) in [4.78, 5) is 4.79. The highest BCUT2D eigenvalue weighted by Crippen LogP contribution is 2.24. The molecule has 4 heteroatoms. The van der Waals surface area contributed by atoms with Crippen LogP contribution in [0, 0.1) is 20.8 Å². The van der Waals surface area contributed by atoms with Gasteiger partial charge in [0, 0.05) is 11.6 Å². The lowest BCUT2D eigenvalue weighted by atomic mass is 10.1. The van der Waals surface area contributed by atoms with E-state index < -0.39 is 0 Å². The van der Waals surface area contributed by atoms with E-state index in [-0.39, 0.29) is 0 Å². The van der Waals surface area contributed by atoms with Gasteiger partial charge in [0.2, 0.25) is 5.90 Å². The Morgan fingerprint density at radius 3 is 2.19 bits per heavy atom. The molecule has 3 rings (SSSR count). The Morgan fingerprint density at radius 1 is 0.806 bits per heavy atom. The van der Waals surface area contributed by atoms with Gasteiger partial charge in [-0.2, -0.15) is 0 Å². The maximum Gasteiger partial charge on any atom is 0.225 e. The second kappa shape index (κ2) is 10.5. The topological polar surface area (TPSA) is 40.0 Å². The van der Waals surface area contributed by atoms with E-state index in [2.05, 4.69) is 19.9 Å². The summed E-state index contributed by atoms with van der Waals surface area (Å²) in [7, 11) is 0. The number of rotatable bonds is 7. The lowest BCUT2D eigenvalue weighted by Gasteiger charge is -2.12. The zero-order valence-corrected chi connectivity index (χ0v) is 18.8. The van der Waals surface area contributed by atoms with Gasteiger partial charge < -0.3 is 14.2 Å². The smallest absolute Gasteiger partial charge is 0.225 e. The highest BCUT2D eigenvalue weighted by Gasteiger charge is 2.09. The summed E-state index contributed by atoms with van der Waals surface area (Å²) in [6.07, 6.45) is 1.67. The molecule has 4 nitrogen and oxygen atoms in total. The van der Waals surface area contributed by atoms with E-state index in [0.717, 1.165) is 39.4 Å². The second-order valence-corrected chi connectivity index (χ2v) is 7.51. The Labute approximate surface area is 184 Å². The van der Waals surface area contributed by atoms with E-state index in [0.29, 0.717) is 18.3 Å². The molecular weight excluding hydrogens is 386 g/mol. The van der Waals surface area contributed by atoms with Crippen LogP contribution >= 0.6 is 0 Å². The van der Waals surface area contributed by atoms with Crippen molar-refractivity contribution in [2.75, 3.05) is 6.61 Å². The normalized spacial score (nSPS) is 11.9.